The summed E-state index contributed by atoms with van der Waals surface area (Å²) in [6.07, 6.45) is -0.560. The van der Waals surface area contributed by atoms with Gasteiger partial charge in [-0.3, -0.25) is 9.59 Å². The maximum Gasteiger partial charge on any atom is 0.300 e. The van der Waals surface area contributed by atoms with Crippen LogP contribution >= 0.6 is 12.4 Å². The molecule has 4 N–H and O–H groups in total. The van der Waals surface area contributed by atoms with Gasteiger partial charge in [0.1, 0.15) is 0 Å². The van der Waals surface area contributed by atoms with Crippen LogP contribution in [0.4, 0.5) is 0 Å². The Morgan fingerprint density at radius 2 is 1.21 bits per heavy atom. The molecule has 88 valence electrons. The number of aliphatic hydroxyl groups is 2. The monoisotopic (exact) mass is 232 g/mol. The fourth-order valence-corrected chi connectivity index (χ4v) is 0. The molecule has 0 aliphatic heterocycles. The number of halogens is 1. The second-order valence-corrected chi connectivity index (χ2v) is 2.07. The molecule has 0 saturated heterocycles. The molecule has 0 fully saturated rings. The van der Waals surface area contributed by atoms with E-state index in [-0.39, 0.29) is 19.0 Å². The molecule has 14 heavy (non-hydrogen) atoms. The van der Waals surface area contributed by atoms with Gasteiger partial charge in [-0.1, -0.05) is 0 Å². The lowest BCUT2D eigenvalue weighted by atomic mass is 10.5. The molecule has 7 heteroatoms. The summed E-state index contributed by atoms with van der Waals surface area (Å²) >= 11 is 0. The molecule has 0 aliphatic carbocycles. The van der Waals surface area contributed by atoms with Crippen LogP contribution in [0, 0.1) is 0 Å². The Kier molecular flexibility index (Phi) is 29.9. The van der Waals surface area contributed by atoms with E-state index in [1.54, 1.807) is 0 Å². The first-order valence-electron chi connectivity index (χ1n) is 3.42. The molecule has 0 aromatic carbocycles. The van der Waals surface area contributed by atoms with E-state index >= 15 is 0 Å². The average Bonchev–Trinajstić information content (AvgIpc) is 1.84. The SMILES string of the molecule is CC(=O)O.CC(=O)O.CC(O)CO.Cl. The molecule has 0 heterocycles. The molecule has 0 bridgehead atoms. The van der Waals surface area contributed by atoms with Crippen molar-refractivity contribution in [3.63, 3.8) is 0 Å². The van der Waals surface area contributed by atoms with Crippen LogP contribution in [-0.4, -0.2) is 45.1 Å². The van der Waals surface area contributed by atoms with Gasteiger partial charge < -0.3 is 20.4 Å². The van der Waals surface area contributed by atoms with E-state index in [4.69, 9.17) is 30.0 Å². The summed E-state index contributed by atoms with van der Waals surface area (Å²) in [7, 11) is 0. The Morgan fingerprint density at radius 3 is 1.21 bits per heavy atom. The van der Waals surface area contributed by atoms with Crippen LogP contribution in [0.2, 0.25) is 0 Å². The number of rotatable bonds is 1. The van der Waals surface area contributed by atoms with Gasteiger partial charge >= 0.3 is 0 Å². The minimum Gasteiger partial charge on any atom is -0.481 e. The number of hydrogen-bond donors (Lipinski definition) is 4. The third-order valence-corrected chi connectivity index (χ3v) is 0.264. The minimum absolute atomic E-state index is 0. The van der Waals surface area contributed by atoms with E-state index in [9.17, 15) is 0 Å². The molecule has 0 aromatic rings. The summed E-state index contributed by atoms with van der Waals surface area (Å²) in [4.78, 5) is 18.0. The predicted octanol–water partition coefficient (Wildman–Crippen LogP) is -0.0369. The first kappa shape index (κ1) is 23.2. The fourth-order valence-electron chi connectivity index (χ4n) is 0. The smallest absolute Gasteiger partial charge is 0.300 e. The molecule has 0 amide bonds. The summed E-state index contributed by atoms with van der Waals surface area (Å²) in [5.74, 6) is -1.67. The van der Waals surface area contributed by atoms with E-state index in [0.29, 0.717) is 0 Å². The molecule has 1 unspecified atom stereocenters. The van der Waals surface area contributed by atoms with Crippen molar-refractivity contribution >= 4 is 24.3 Å². The highest BCUT2D eigenvalue weighted by Gasteiger charge is 1.83. The zero-order valence-electron chi connectivity index (χ0n) is 8.30. The van der Waals surface area contributed by atoms with Gasteiger partial charge in [0.25, 0.3) is 11.9 Å². The van der Waals surface area contributed by atoms with E-state index < -0.39 is 18.0 Å². The second-order valence-electron chi connectivity index (χ2n) is 2.07. The minimum atomic E-state index is -0.833. The molecule has 0 aromatic heterocycles. The number of carbonyl (C=O) groups is 2. The Hall–Kier alpha value is -0.850. The maximum atomic E-state index is 9.00. The lowest BCUT2D eigenvalue weighted by Gasteiger charge is -1.90. The standard InChI is InChI=1S/C3H8O2.2C2H4O2.ClH/c1-3(5)2-4;2*1-2(3)4;/h3-5H,2H2,1H3;2*1H3,(H,3,4);1H. The van der Waals surface area contributed by atoms with Crippen LogP contribution in [0.5, 0.6) is 0 Å². The molecule has 1 atom stereocenters. The lowest BCUT2D eigenvalue weighted by Crippen LogP contribution is -2.03. The molecular weight excluding hydrogens is 216 g/mol. The zero-order valence-corrected chi connectivity index (χ0v) is 9.11. The Balaban J connectivity index is -0.0000000522. The first-order chi connectivity index (χ1) is 5.73. The van der Waals surface area contributed by atoms with Crippen molar-refractivity contribution in [1.82, 2.24) is 0 Å². The highest BCUT2D eigenvalue weighted by molar-refractivity contribution is 5.85. The Labute approximate surface area is 88.6 Å². The average molecular weight is 233 g/mol. The number of aliphatic hydroxyl groups excluding tert-OH is 2. The van der Waals surface area contributed by atoms with E-state index in [2.05, 4.69) is 0 Å². The van der Waals surface area contributed by atoms with Gasteiger partial charge in [0.05, 0.1) is 12.7 Å². The largest absolute Gasteiger partial charge is 0.481 e. The van der Waals surface area contributed by atoms with Crippen LogP contribution in [0.3, 0.4) is 0 Å². The van der Waals surface area contributed by atoms with Crippen molar-refractivity contribution in [2.24, 2.45) is 0 Å². The quantitative estimate of drug-likeness (QED) is 0.504. The third-order valence-electron chi connectivity index (χ3n) is 0.264. The third kappa shape index (κ3) is 869. The molecule has 0 spiro atoms. The molecule has 0 rings (SSSR count). The molecular formula is C7H17ClO6. The molecule has 6 nitrogen and oxygen atoms in total. The van der Waals surface area contributed by atoms with Gasteiger partial charge in [0.2, 0.25) is 0 Å². The van der Waals surface area contributed by atoms with Crippen LogP contribution in [0.1, 0.15) is 20.8 Å². The molecule has 0 saturated carbocycles. The van der Waals surface area contributed by atoms with Crippen LogP contribution < -0.4 is 0 Å². The van der Waals surface area contributed by atoms with Crippen molar-refractivity contribution in [2.45, 2.75) is 26.9 Å². The highest BCUT2D eigenvalue weighted by Crippen LogP contribution is 1.68. The van der Waals surface area contributed by atoms with Crippen molar-refractivity contribution in [1.29, 1.82) is 0 Å². The Morgan fingerprint density at radius 1 is 1.14 bits per heavy atom. The summed E-state index contributed by atoms with van der Waals surface area (Å²) in [5.41, 5.74) is 0. The first-order valence-corrected chi connectivity index (χ1v) is 3.42. The summed E-state index contributed by atoms with van der Waals surface area (Å²) in [6, 6.07) is 0. The number of hydrogen-bond acceptors (Lipinski definition) is 4. The molecule has 0 aliphatic rings. The predicted molar refractivity (Wildman–Crippen MR) is 52.6 cm³/mol. The van der Waals surface area contributed by atoms with E-state index in [1.807, 2.05) is 0 Å². The van der Waals surface area contributed by atoms with Crippen molar-refractivity contribution in [3.8, 4) is 0 Å². The van der Waals surface area contributed by atoms with Gasteiger partial charge in [0.15, 0.2) is 0 Å². The van der Waals surface area contributed by atoms with Gasteiger partial charge in [-0.25, -0.2) is 0 Å². The summed E-state index contributed by atoms with van der Waals surface area (Å²) < 4.78 is 0. The van der Waals surface area contributed by atoms with Gasteiger partial charge in [-0.05, 0) is 6.92 Å². The summed E-state index contributed by atoms with van der Waals surface area (Å²) in [5, 5.41) is 30.8. The zero-order chi connectivity index (χ0) is 11.4. The number of carboxylic acids is 2. The van der Waals surface area contributed by atoms with Crippen LogP contribution in [-0.2, 0) is 9.59 Å². The van der Waals surface area contributed by atoms with Crippen LogP contribution in [0.25, 0.3) is 0 Å². The maximum absolute atomic E-state index is 9.00. The summed E-state index contributed by atoms with van der Waals surface area (Å²) in [6.45, 7) is 3.56. The van der Waals surface area contributed by atoms with Gasteiger partial charge in [0, 0.05) is 13.8 Å². The number of aliphatic carboxylic acids is 2. The Bertz CT molecular complexity index is 116. The van der Waals surface area contributed by atoms with Gasteiger partial charge in [-0.15, -0.1) is 12.4 Å². The van der Waals surface area contributed by atoms with Crippen molar-refractivity contribution < 1.29 is 30.0 Å². The second kappa shape index (κ2) is 18.0. The molecule has 0 radical (unpaired) electrons. The highest BCUT2D eigenvalue weighted by atomic mass is 35.5. The van der Waals surface area contributed by atoms with E-state index in [0.717, 1.165) is 13.8 Å². The van der Waals surface area contributed by atoms with E-state index in [1.165, 1.54) is 6.92 Å². The van der Waals surface area contributed by atoms with Gasteiger partial charge in [-0.2, -0.15) is 0 Å². The van der Waals surface area contributed by atoms with Crippen molar-refractivity contribution in [3.05, 3.63) is 0 Å². The van der Waals surface area contributed by atoms with Crippen molar-refractivity contribution in [2.75, 3.05) is 6.61 Å². The lowest BCUT2D eigenvalue weighted by molar-refractivity contribution is -0.135. The fraction of sp³-hybridized carbons (Fsp3) is 0.714. The number of carboxylic acid groups (broad SMARTS) is 2. The normalized spacial score (nSPS) is 8.93. The van der Waals surface area contributed by atoms with Crippen LogP contribution in [0.15, 0.2) is 0 Å². The topological polar surface area (TPSA) is 115 Å².